The largest absolute Gasteiger partial charge is 0.390 e. The van der Waals surface area contributed by atoms with E-state index in [4.69, 9.17) is 5.73 Å². The Labute approximate surface area is 85.5 Å². The van der Waals surface area contributed by atoms with Gasteiger partial charge in [0.05, 0.1) is 6.42 Å². The van der Waals surface area contributed by atoms with Crippen molar-refractivity contribution in [1.82, 2.24) is 4.98 Å². The quantitative estimate of drug-likeness (QED) is 0.813. The van der Waals surface area contributed by atoms with Crippen LogP contribution in [0.3, 0.4) is 0 Å². The molecule has 0 bridgehead atoms. The summed E-state index contributed by atoms with van der Waals surface area (Å²) in [5, 5.41) is 2.61. The fourth-order valence-corrected chi connectivity index (χ4v) is 1.09. The lowest BCUT2D eigenvalue weighted by Crippen LogP contribution is -2.16. The van der Waals surface area contributed by atoms with Crippen LogP contribution in [0.15, 0.2) is 18.3 Å². The van der Waals surface area contributed by atoms with E-state index in [1.165, 1.54) is 6.20 Å². The van der Waals surface area contributed by atoms with Crippen molar-refractivity contribution in [3.8, 4) is 0 Å². The predicted molar refractivity (Wildman–Crippen MR) is 51.3 cm³/mol. The fourth-order valence-electron chi connectivity index (χ4n) is 1.09. The van der Waals surface area contributed by atoms with Crippen molar-refractivity contribution >= 4 is 5.82 Å². The molecule has 84 valence electrons. The second kappa shape index (κ2) is 4.97. The number of anilines is 1. The average Bonchev–Trinajstić information content (AvgIpc) is 2.16. The monoisotopic (exact) mass is 219 g/mol. The van der Waals surface area contributed by atoms with E-state index in [-0.39, 0.29) is 13.1 Å². The summed E-state index contributed by atoms with van der Waals surface area (Å²) >= 11 is 0. The highest BCUT2D eigenvalue weighted by atomic mass is 19.4. The van der Waals surface area contributed by atoms with Crippen LogP contribution in [0.5, 0.6) is 0 Å². The van der Waals surface area contributed by atoms with Crippen molar-refractivity contribution in [2.75, 3.05) is 11.9 Å². The van der Waals surface area contributed by atoms with E-state index in [0.717, 1.165) is 0 Å². The SMILES string of the molecule is NCc1cccnc1NCCC(F)(F)F. The molecule has 0 amide bonds. The second-order valence-corrected chi connectivity index (χ2v) is 3.01. The number of rotatable bonds is 4. The molecule has 0 radical (unpaired) electrons. The average molecular weight is 219 g/mol. The van der Waals surface area contributed by atoms with Crippen LogP contribution >= 0.6 is 0 Å². The van der Waals surface area contributed by atoms with Gasteiger partial charge in [0.2, 0.25) is 0 Å². The third-order valence-corrected chi connectivity index (χ3v) is 1.81. The molecule has 1 aromatic rings. The van der Waals surface area contributed by atoms with Crippen LogP contribution in [-0.2, 0) is 6.54 Å². The van der Waals surface area contributed by atoms with Gasteiger partial charge in [0.15, 0.2) is 0 Å². The molecule has 1 heterocycles. The van der Waals surface area contributed by atoms with E-state index in [9.17, 15) is 13.2 Å². The van der Waals surface area contributed by atoms with E-state index < -0.39 is 12.6 Å². The topological polar surface area (TPSA) is 50.9 Å². The molecule has 3 N–H and O–H groups in total. The van der Waals surface area contributed by atoms with Crippen molar-refractivity contribution in [3.05, 3.63) is 23.9 Å². The second-order valence-electron chi connectivity index (χ2n) is 3.01. The molecule has 15 heavy (non-hydrogen) atoms. The summed E-state index contributed by atoms with van der Waals surface area (Å²) < 4.78 is 35.6. The summed E-state index contributed by atoms with van der Waals surface area (Å²) in [6.07, 6.45) is -3.52. The number of halogens is 3. The summed E-state index contributed by atoms with van der Waals surface area (Å²) in [5.74, 6) is 0.421. The minimum absolute atomic E-state index is 0.187. The van der Waals surface area contributed by atoms with Crippen LogP contribution in [0.25, 0.3) is 0 Å². The number of hydrogen-bond acceptors (Lipinski definition) is 3. The van der Waals surface area contributed by atoms with Crippen LogP contribution < -0.4 is 11.1 Å². The highest BCUT2D eigenvalue weighted by Gasteiger charge is 2.26. The normalized spacial score (nSPS) is 11.5. The molecule has 0 saturated carbocycles. The number of nitrogens with zero attached hydrogens (tertiary/aromatic N) is 1. The van der Waals surface area contributed by atoms with Gasteiger partial charge in [-0.3, -0.25) is 0 Å². The molecule has 1 aromatic heterocycles. The van der Waals surface area contributed by atoms with Gasteiger partial charge in [0.1, 0.15) is 5.82 Å². The highest BCUT2D eigenvalue weighted by molar-refractivity contribution is 5.43. The molecule has 0 aromatic carbocycles. The standard InChI is InChI=1S/C9H12F3N3/c10-9(11,12)3-5-15-8-7(6-13)2-1-4-14-8/h1-2,4H,3,5-6,13H2,(H,14,15). The van der Waals surface area contributed by atoms with Crippen LogP contribution in [-0.4, -0.2) is 17.7 Å². The van der Waals surface area contributed by atoms with Gasteiger partial charge in [-0.15, -0.1) is 0 Å². The zero-order chi connectivity index (χ0) is 11.3. The Bertz CT molecular complexity index is 312. The van der Waals surface area contributed by atoms with Gasteiger partial charge in [-0.2, -0.15) is 13.2 Å². The number of hydrogen-bond donors (Lipinski definition) is 2. The Morgan fingerprint density at radius 2 is 2.13 bits per heavy atom. The van der Waals surface area contributed by atoms with Gasteiger partial charge in [-0.25, -0.2) is 4.98 Å². The fraction of sp³-hybridized carbons (Fsp3) is 0.444. The minimum Gasteiger partial charge on any atom is -0.369 e. The first-order valence-electron chi connectivity index (χ1n) is 4.47. The van der Waals surface area contributed by atoms with E-state index in [0.29, 0.717) is 11.4 Å². The van der Waals surface area contributed by atoms with E-state index in [2.05, 4.69) is 10.3 Å². The van der Waals surface area contributed by atoms with Crippen LogP contribution in [0.1, 0.15) is 12.0 Å². The molecular formula is C9H12F3N3. The Kier molecular flexibility index (Phi) is 3.90. The molecule has 0 aliphatic heterocycles. The number of alkyl halides is 3. The van der Waals surface area contributed by atoms with Crippen LogP contribution in [0.4, 0.5) is 19.0 Å². The van der Waals surface area contributed by atoms with E-state index >= 15 is 0 Å². The zero-order valence-electron chi connectivity index (χ0n) is 8.01. The maximum absolute atomic E-state index is 11.9. The molecule has 0 aliphatic carbocycles. The highest BCUT2D eigenvalue weighted by Crippen LogP contribution is 2.19. The molecule has 0 atom stereocenters. The van der Waals surface area contributed by atoms with Gasteiger partial charge in [0.25, 0.3) is 0 Å². The first-order chi connectivity index (χ1) is 7.03. The maximum Gasteiger partial charge on any atom is 0.390 e. The molecule has 0 saturated heterocycles. The molecule has 0 fully saturated rings. The molecule has 3 nitrogen and oxygen atoms in total. The molecule has 6 heteroatoms. The molecule has 1 rings (SSSR count). The summed E-state index contributed by atoms with van der Waals surface area (Å²) in [4.78, 5) is 3.91. The Balaban J connectivity index is 2.50. The Morgan fingerprint density at radius 1 is 1.40 bits per heavy atom. The number of aromatic nitrogens is 1. The first-order valence-corrected chi connectivity index (χ1v) is 4.47. The van der Waals surface area contributed by atoms with Gasteiger partial charge < -0.3 is 11.1 Å². The molecule has 0 unspecified atom stereocenters. The summed E-state index contributed by atoms with van der Waals surface area (Å²) in [6.45, 7) is 0.0652. The Morgan fingerprint density at radius 3 is 2.73 bits per heavy atom. The first kappa shape index (κ1) is 11.8. The van der Waals surface area contributed by atoms with E-state index in [1.807, 2.05) is 0 Å². The van der Waals surface area contributed by atoms with Gasteiger partial charge in [0, 0.05) is 24.8 Å². The lowest BCUT2D eigenvalue weighted by atomic mass is 10.2. The number of nitrogens with one attached hydrogen (secondary N) is 1. The molecule has 0 aliphatic rings. The van der Waals surface area contributed by atoms with Gasteiger partial charge in [-0.1, -0.05) is 6.07 Å². The van der Waals surface area contributed by atoms with Crippen molar-refractivity contribution in [2.45, 2.75) is 19.1 Å². The van der Waals surface area contributed by atoms with Crippen molar-refractivity contribution in [3.63, 3.8) is 0 Å². The lowest BCUT2D eigenvalue weighted by molar-refractivity contribution is -0.131. The number of pyridine rings is 1. The van der Waals surface area contributed by atoms with Gasteiger partial charge in [-0.05, 0) is 6.07 Å². The number of nitrogens with two attached hydrogens (primary N) is 1. The lowest BCUT2D eigenvalue weighted by Gasteiger charge is -2.10. The summed E-state index contributed by atoms with van der Waals surface area (Å²) in [7, 11) is 0. The van der Waals surface area contributed by atoms with Crippen molar-refractivity contribution < 1.29 is 13.2 Å². The van der Waals surface area contributed by atoms with E-state index in [1.54, 1.807) is 12.1 Å². The van der Waals surface area contributed by atoms with Crippen molar-refractivity contribution in [2.24, 2.45) is 5.73 Å². The van der Waals surface area contributed by atoms with Crippen LogP contribution in [0, 0.1) is 0 Å². The summed E-state index contributed by atoms with van der Waals surface area (Å²) in [6, 6.07) is 3.42. The third kappa shape index (κ3) is 4.16. The third-order valence-electron chi connectivity index (χ3n) is 1.81. The van der Waals surface area contributed by atoms with Crippen molar-refractivity contribution in [1.29, 1.82) is 0 Å². The molecule has 0 spiro atoms. The minimum atomic E-state index is -4.15. The molecular weight excluding hydrogens is 207 g/mol. The predicted octanol–water partition coefficient (Wildman–Crippen LogP) is 1.90. The smallest absolute Gasteiger partial charge is 0.369 e. The van der Waals surface area contributed by atoms with Crippen LogP contribution in [0.2, 0.25) is 0 Å². The van der Waals surface area contributed by atoms with Gasteiger partial charge >= 0.3 is 6.18 Å². The maximum atomic E-state index is 11.9. The summed E-state index contributed by atoms with van der Waals surface area (Å²) in [5.41, 5.74) is 6.11. The Hall–Kier alpha value is -1.30. The zero-order valence-corrected chi connectivity index (χ0v) is 8.01.